The molecule has 3 amide bonds. The first-order valence-electron chi connectivity index (χ1n) is 11.9. The lowest BCUT2D eigenvalue weighted by atomic mass is 9.85. The van der Waals surface area contributed by atoms with Crippen LogP contribution in [0.4, 0.5) is 5.69 Å². The monoisotopic (exact) mass is 507 g/mol. The van der Waals surface area contributed by atoms with E-state index in [0.717, 1.165) is 17.0 Å². The molecule has 2 aromatic carbocycles. The number of aryl methyl sites for hydroxylation is 1. The second-order valence-electron chi connectivity index (χ2n) is 9.15. The summed E-state index contributed by atoms with van der Waals surface area (Å²) in [5.74, 6) is -0.682. The molecule has 1 N–H and O–H groups in total. The van der Waals surface area contributed by atoms with E-state index in [0.29, 0.717) is 23.6 Å². The molecule has 3 aliphatic rings. The van der Waals surface area contributed by atoms with Crippen LogP contribution in [0.1, 0.15) is 24.5 Å². The zero-order chi connectivity index (χ0) is 25.4. The van der Waals surface area contributed by atoms with Crippen molar-refractivity contribution in [2.24, 2.45) is 28.8 Å². The molecule has 1 aliphatic heterocycles. The van der Waals surface area contributed by atoms with Crippen molar-refractivity contribution in [3.8, 4) is 11.5 Å². The fraction of sp³-hybridized carbons (Fsp3) is 0.333. The minimum atomic E-state index is -0.339. The average molecular weight is 508 g/mol. The third-order valence-electron chi connectivity index (χ3n) is 6.87. The van der Waals surface area contributed by atoms with Gasteiger partial charge in [-0.05, 0) is 61.4 Å². The Hall–Kier alpha value is -3.65. The Kier molecular flexibility index (Phi) is 6.53. The Morgan fingerprint density at radius 3 is 2.50 bits per heavy atom. The Morgan fingerprint density at radius 2 is 1.83 bits per heavy atom. The van der Waals surface area contributed by atoms with Crippen LogP contribution in [-0.4, -0.2) is 42.2 Å². The normalized spacial score (nSPS) is 24.0. The fourth-order valence-corrected chi connectivity index (χ4v) is 5.50. The molecule has 2 fully saturated rings. The number of carbonyl (C=O) groups is 3. The van der Waals surface area contributed by atoms with Crippen LogP contribution >= 0.6 is 11.6 Å². The molecule has 0 unspecified atom stereocenters. The fourth-order valence-electron chi connectivity index (χ4n) is 5.23. The molecule has 1 heterocycles. The quantitative estimate of drug-likeness (QED) is 0.328. The topological polar surface area (TPSA) is 97.3 Å². The van der Waals surface area contributed by atoms with E-state index < -0.39 is 0 Å². The van der Waals surface area contributed by atoms with Crippen LogP contribution in [0, 0.1) is 30.6 Å². The molecule has 9 heteroatoms. The number of nitrogens with one attached hydrogen (secondary N) is 1. The van der Waals surface area contributed by atoms with Crippen molar-refractivity contribution in [1.82, 2.24) is 5.01 Å². The number of ether oxygens (including phenoxy) is 2. The predicted octanol–water partition coefficient (Wildman–Crippen LogP) is 4.21. The molecule has 2 aliphatic carbocycles. The van der Waals surface area contributed by atoms with Crippen molar-refractivity contribution >= 4 is 41.2 Å². The van der Waals surface area contributed by atoms with Crippen molar-refractivity contribution in [3.63, 3.8) is 0 Å². The first-order chi connectivity index (χ1) is 17.4. The minimum Gasteiger partial charge on any atom is -0.490 e. The van der Waals surface area contributed by atoms with E-state index >= 15 is 0 Å². The van der Waals surface area contributed by atoms with Crippen LogP contribution in [0.5, 0.6) is 11.5 Å². The van der Waals surface area contributed by atoms with Gasteiger partial charge in [0, 0.05) is 5.69 Å². The standard InChI is InChI=1S/C27H26ClN3O5/c1-3-35-21-11-16(13-29-31-26(33)23-17-8-9-18(12-17)24(23)27(31)34)10-19(28)25(21)36-14-22(32)30-20-7-5-4-6-15(20)2/h4-11,13,17-18,23-24H,3,12,14H2,1-2H3,(H,30,32)/t17-,18-,23-,24+/m0/s1. The lowest BCUT2D eigenvalue weighted by Gasteiger charge is -2.15. The summed E-state index contributed by atoms with van der Waals surface area (Å²) in [6.07, 6.45) is 6.36. The van der Waals surface area contributed by atoms with E-state index in [9.17, 15) is 14.4 Å². The first kappa shape index (κ1) is 24.1. The molecule has 0 spiro atoms. The van der Waals surface area contributed by atoms with E-state index in [1.165, 1.54) is 6.21 Å². The maximum Gasteiger partial charge on any atom is 0.262 e. The number of imide groups is 1. The largest absolute Gasteiger partial charge is 0.490 e. The number of hydrogen-bond acceptors (Lipinski definition) is 6. The number of para-hydroxylation sites is 1. The number of hydrogen-bond donors (Lipinski definition) is 1. The van der Waals surface area contributed by atoms with Crippen molar-refractivity contribution < 1.29 is 23.9 Å². The van der Waals surface area contributed by atoms with Crippen LogP contribution in [0.2, 0.25) is 5.02 Å². The maximum atomic E-state index is 12.8. The zero-order valence-electron chi connectivity index (χ0n) is 19.9. The zero-order valence-corrected chi connectivity index (χ0v) is 20.7. The van der Waals surface area contributed by atoms with Gasteiger partial charge in [0.25, 0.3) is 17.7 Å². The van der Waals surface area contributed by atoms with Gasteiger partial charge < -0.3 is 14.8 Å². The number of hydrazone groups is 1. The SMILES string of the molecule is CCOc1cc(C=NN2C(=O)[C@@H]3[C@H](C2=O)[C@H]2C=C[C@H]3C2)cc(Cl)c1OCC(=O)Nc1ccccc1C. The van der Waals surface area contributed by atoms with Crippen LogP contribution < -0.4 is 14.8 Å². The number of nitrogens with zero attached hydrogens (tertiary/aromatic N) is 2. The van der Waals surface area contributed by atoms with E-state index in [4.69, 9.17) is 21.1 Å². The lowest BCUT2D eigenvalue weighted by molar-refractivity contribution is -0.140. The highest BCUT2D eigenvalue weighted by Crippen LogP contribution is 2.52. The van der Waals surface area contributed by atoms with Crippen molar-refractivity contribution in [2.45, 2.75) is 20.3 Å². The molecule has 1 saturated carbocycles. The Bertz CT molecular complexity index is 1260. The number of benzene rings is 2. The average Bonchev–Trinajstić information content (AvgIpc) is 3.53. The smallest absolute Gasteiger partial charge is 0.262 e. The Balaban J connectivity index is 1.29. The summed E-state index contributed by atoms with van der Waals surface area (Å²) in [6, 6.07) is 10.7. The molecule has 1 saturated heterocycles. The summed E-state index contributed by atoms with van der Waals surface area (Å²) in [7, 11) is 0. The number of rotatable bonds is 8. The molecule has 4 atom stereocenters. The summed E-state index contributed by atoms with van der Waals surface area (Å²) in [5, 5.41) is 8.20. The van der Waals surface area contributed by atoms with E-state index in [2.05, 4.69) is 10.4 Å². The molecule has 0 aromatic heterocycles. The number of anilines is 1. The molecular formula is C27H26ClN3O5. The van der Waals surface area contributed by atoms with E-state index in [1.54, 1.807) is 12.1 Å². The van der Waals surface area contributed by atoms with Crippen LogP contribution in [0.25, 0.3) is 0 Å². The Morgan fingerprint density at radius 1 is 1.14 bits per heavy atom. The lowest BCUT2D eigenvalue weighted by Crippen LogP contribution is -2.28. The highest BCUT2D eigenvalue weighted by Gasteiger charge is 2.59. The third kappa shape index (κ3) is 4.37. The maximum absolute atomic E-state index is 12.8. The second-order valence-corrected chi connectivity index (χ2v) is 9.55. The van der Waals surface area contributed by atoms with Gasteiger partial charge >= 0.3 is 0 Å². The highest BCUT2D eigenvalue weighted by atomic mass is 35.5. The van der Waals surface area contributed by atoms with Gasteiger partial charge in [0.1, 0.15) is 0 Å². The summed E-state index contributed by atoms with van der Waals surface area (Å²) in [6.45, 7) is 3.78. The third-order valence-corrected chi connectivity index (χ3v) is 7.15. The van der Waals surface area contributed by atoms with Gasteiger partial charge in [0.2, 0.25) is 0 Å². The van der Waals surface area contributed by atoms with Gasteiger partial charge in [0.15, 0.2) is 18.1 Å². The number of allylic oxidation sites excluding steroid dienone is 2. The summed E-state index contributed by atoms with van der Waals surface area (Å²) >= 11 is 6.46. The number of amides is 3. The Labute approximate surface area is 213 Å². The first-order valence-corrected chi connectivity index (χ1v) is 12.3. The summed E-state index contributed by atoms with van der Waals surface area (Å²) in [5.41, 5.74) is 2.16. The van der Waals surface area contributed by atoms with Crippen LogP contribution in [0.3, 0.4) is 0 Å². The molecule has 186 valence electrons. The molecule has 36 heavy (non-hydrogen) atoms. The predicted molar refractivity (Wildman–Crippen MR) is 135 cm³/mol. The van der Waals surface area contributed by atoms with Gasteiger partial charge in [-0.2, -0.15) is 10.1 Å². The van der Waals surface area contributed by atoms with Crippen molar-refractivity contribution in [2.75, 3.05) is 18.5 Å². The molecule has 8 nitrogen and oxygen atoms in total. The second kappa shape index (κ2) is 9.78. The van der Waals surface area contributed by atoms with E-state index in [1.807, 2.05) is 50.3 Å². The number of fused-ring (bicyclic) bond motifs is 5. The van der Waals surface area contributed by atoms with Crippen LogP contribution in [-0.2, 0) is 14.4 Å². The number of halogens is 1. The van der Waals surface area contributed by atoms with Gasteiger partial charge in [-0.25, -0.2) is 0 Å². The number of carbonyl (C=O) groups excluding carboxylic acids is 3. The van der Waals surface area contributed by atoms with Gasteiger partial charge in [0.05, 0.1) is 29.7 Å². The van der Waals surface area contributed by atoms with Gasteiger partial charge in [-0.1, -0.05) is 42.0 Å². The van der Waals surface area contributed by atoms with Gasteiger partial charge in [-0.15, -0.1) is 0 Å². The molecule has 2 aromatic rings. The summed E-state index contributed by atoms with van der Waals surface area (Å²) in [4.78, 5) is 38.1. The summed E-state index contributed by atoms with van der Waals surface area (Å²) < 4.78 is 11.4. The molecule has 0 radical (unpaired) electrons. The highest BCUT2D eigenvalue weighted by molar-refractivity contribution is 6.32. The molecular weight excluding hydrogens is 482 g/mol. The molecule has 5 rings (SSSR count). The molecule has 2 bridgehead atoms. The minimum absolute atomic E-state index is 0.120. The van der Waals surface area contributed by atoms with Gasteiger partial charge in [-0.3, -0.25) is 14.4 Å². The van der Waals surface area contributed by atoms with Crippen molar-refractivity contribution in [1.29, 1.82) is 0 Å². The van der Waals surface area contributed by atoms with Crippen molar-refractivity contribution in [3.05, 3.63) is 64.7 Å². The van der Waals surface area contributed by atoms with Crippen LogP contribution in [0.15, 0.2) is 53.7 Å². The van der Waals surface area contributed by atoms with E-state index in [-0.39, 0.29) is 58.8 Å².